The quantitative estimate of drug-likeness (QED) is 0.835. The molecule has 2 aromatic carbocycles. The average molecular weight is 294 g/mol. The molecule has 2 N–H and O–H groups in total. The molecule has 0 aliphatic carbocycles. The molecule has 3 atom stereocenters. The Morgan fingerprint density at radius 1 is 0.955 bits per heavy atom. The number of rotatable bonds is 2. The normalized spacial score (nSPS) is 23.8. The van der Waals surface area contributed by atoms with Crippen LogP contribution in [0.25, 0.3) is 0 Å². The molecule has 0 bridgehead atoms. The van der Waals surface area contributed by atoms with Crippen LogP contribution in [-0.2, 0) is 4.74 Å². The summed E-state index contributed by atoms with van der Waals surface area (Å²) in [6.45, 7) is -0.154. The highest BCUT2D eigenvalue weighted by Crippen LogP contribution is 2.32. The predicted octanol–water partition coefficient (Wildman–Crippen LogP) is 2.27. The van der Waals surface area contributed by atoms with E-state index < -0.39 is 12.2 Å². The molecule has 0 saturated carbocycles. The van der Waals surface area contributed by atoms with Gasteiger partial charge < -0.3 is 14.9 Å². The fourth-order valence-corrected chi connectivity index (χ4v) is 2.55. The molecule has 3 rings (SSSR count). The highest BCUT2D eigenvalue weighted by molar-refractivity contribution is 5.43. The summed E-state index contributed by atoms with van der Waals surface area (Å²) in [5, 5.41) is 18.9. The SMILES string of the molecule is OC[C@H]1O[C@H](c2ccc(C#Cc3ccccc3)cc2)CC1O. The van der Waals surface area contributed by atoms with Crippen molar-refractivity contribution in [2.24, 2.45) is 0 Å². The van der Waals surface area contributed by atoms with Gasteiger partial charge in [-0.05, 0) is 29.8 Å². The maximum atomic E-state index is 9.78. The first-order chi connectivity index (χ1) is 10.8. The standard InChI is InChI=1S/C19H18O3/c20-13-19-17(21)12-18(22-19)16-10-8-15(9-11-16)7-6-14-4-2-1-3-5-14/h1-5,8-11,17-21H,12-13H2/t17?,18-,19+/m0/s1. The van der Waals surface area contributed by atoms with Crippen LogP contribution in [0.15, 0.2) is 54.6 Å². The molecule has 0 aromatic heterocycles. The van der Waals surface area contributed by atoms with Crippen LogP contribution in [0.3, 0.4) is 0 Å². The summed E-state index contributed by atoms with van der Waals surface area (Å²) < 4.78 is 5.64. The number of hydrogen-bond donors (Lipinski definition) is 2. The fraction of sp³-hybridized carbons (Fsp3) is 0.263. The molecule has 3 nitrogen and oxygen atoms in total. The van der Waals surface area contributed by atoms with Gasteiger partial charge in [-0.3, -0.25) is 0 Å². The number of hydrogen-bond acceptors (Lipinski definition) is 3. The largest absolute Gasteiger partial charge is 0.394 e. The van der Waals surface area contributed by atoms with Crippen LogP contribution in [0, 0.1) is 11.8 Å². The maximum absolute atomic E-state index is 9.78. The molecule has 2 aromatic rings. The van der Waals surface area contributed by atoms with E-state index in [-0.39, 0.29) is 12.7 Å². The second-order valence-electron chi connectivity index (χ2n) is 5.39. The number of aliphatic hydroxyl groups excluding tert-OH is 2. The molecular formula is C19H18O3. The third kappa shape index (κ3) is 3.37. The summed E-state index contributed by atoms with van der Waals surface area (Å²) in [6.07, 6.45) is -0.737. The molecular weight excluding hydrogens is 276 g/mol. The van der Waals surface area contributed by atoms with E-state index in [4.69, 9.17) is 9.84 Å². The highest BCUT2D eigenvalue weighted by Gasteiger charge is 2.33. The third-order valence-electron chi connectivity index (χ3n) is 3.81. The van der Waals surface area contributed by atoms with Crippen LogP contribution in [0.2, 0.25) is 0 Å². The second-order valence-corrected chi connectivity index (χ2v) is 5.39. The van der Waals surface area contributed by atoms with Gasteiger partial charge in [-0.15, -0.1) is 0 Å². The Kier molecular flexibility index (Phi) is 4.55. The van der Waals surface area contributed by atoms with Crippen molar-refractivity contribution in [3.8, 4) is 11.8 Å². The topological polar surface area (TPSA) is 49.7 Å². The number of aliphatic hydroxyl groups is 2. The first-order valence-electron chi connectivity index (χ1n) is 7.37. The second kappa shape index (κ2) is 6.76. The van der Waals surface area contributed by atoms with Crippen LogP contribution in [0.5, 0.6) is 0 Å². The van der Waals surface area contributed by atoms with Gasteiger partial charge in [-0.2, -0.15) is 0 Å². The Morgan fingerprint density at radius 3 is 2.18 bits per heavy atom. The van der Waals surface area contributed by atoms with Crippen LogP contribution in [0.1, 0.15) is 29.2 Å². The monoisotopic (exact) mass is 294 g/mol. The van der Waals surface area contributed by atoms with Crippen molar-refractivity contribution in [3.63, 3.8) is 0 Å². The molecule has 0 amide bonds. The van der Waals surface area contributed by atoms with E-state index in [1.54, 1.807) is 0 Å². The van der Waals surface area contributed by atoms with Gasteiger partial charge in [-0.25, -0.2) is 0 Å². The lowest BCUT2D eigenvalue weighted by Crippen LogP contribution is -2.24. The summed E-state index contributed by atoms with van der Waals surface area (Å²) in [5.41, 5.74) is 2.92. The molecule has 1 heterocycles. The highest BCUT2D eigenvalue weighted by atomic mass is 16.5. The zero-order valence-corrected chi connectivity index (χ0v) is 12.1. The minimum Gasteiger partial charge on any atom is -0.394 e. The van der Waals surface area contributed by atoms with Gasteiger partial charge in [0.15, 0.2) is 0 Å². The smallest absolute Gasteiger partial charge is 0.107 e. The van der Waals surface area contributed by atoms with E-state index in [2.05, 4.69) is 11.8 Å². The van der Waals surface area contributed by atoms with Gasteiger partial charge >= 0.3 is 0 Å². The summed E-state index contributed by atoms with van der Waals surface area (Å²) in [4.78, 5) is 0. The Bertz CT molecular complexity index is 667. The Balaban J connectivity index is 1.70. The number of benzene rings is 2. The molecule has 1 unspecified atom stereocenters. The van der Waals surface area contributed by atoms with E-state index >= 15 is 0 Å². The van der Waals surface area contributed by atoms with Gasteiger partial charge in [0.2, 0.25) is 0 Å². The zero-order valence-electron chi connectivity index (χ0n) is 12.1. The van der Waals surface area contributed by atoms with Crippen LogP contribution in [0.4, 0.5) is 0 Å². The zero-order chi connectivity index (χ0) is 15.4. The van der Waals surface area contributed by atoms with Crippen molar-refractivity contribution in [1.29, 1.82) is 0 Å². The molecule has 1 aliphatic rings. The van der Waals surface area contributed by atoms with Gasteiger partial charge in [0.05, 0.1) is 18.8 Å². The molecule has 0 radical (unpaired) electrons. The lowest BCUT2D eigenvalue weighted by molar-refractivity contribution is -0.0225. The molecule has 1 fully saturated rings. The van der Waals surface area contributed by atoms with Gasteiger partial charge in [0.25, 0.3) is 0 Å². The molecule has 3 heteroatoms. The van der Waals surface area contributed by atoms with E-state index in [0.717, 1.165) is 16.7 Å². The summed E-state index contributed by atoms with van der Waals surface area (Å²) in [6, 6.07) is 17.7. The minimum atomic E-state index is -0.604. The third-order valence-corrected chi connectivity index (χ3v) is 3.81. The molecule has 0 spiro atoms. The lowest BCUT2D eigenvalue weighted by atomic mass is 10.0. The summed E-state index contributed by atoms with van der Waals surface area (Å²) >= 11 is 0. The van der Waals surface area contributed by atoms with E-state index in [1.807, 2.05) is 54.6 Å². The molecule has 1 aliphatic heterocycles. The first-order valence-corrected chi connectivity index (χ1v) is 7.37. The first kappa shape index (κ1) is 14.8. The summed E-state index contributed by atoms with van der Waals surface area (Å²) in [7, 11) is 0. The Hall–Kier alpha value is -2.12. The molecule has 22 heavy (non-hydrogen) atoms. The molecule has 112 valence electrons. The predicted molar refractivity (Wildman–Crippen MR) is 84.2 cm³/mol. The van der Waals surface area contributed by atoms with Crippen LogP contribution < -0.4 is 0 Å². The van der Waals surface area contributed by atoms with Crippen molar-refractivity contribution < 1.29 is 14.9 Å². The molecule has 1 saturated heterocycles. The van der Waals surface area contributed by atoms with Crippen molar-refractivity contribution in [1.82, 2.24) is 0 Å². The summed E-state index contributed by atoms with van der Waals surface area (Å²) in [5.74, 6) is 6.25. The van der Waals surface area contributed by atoms with Crippen molar-refractivity contribution in [3.05, 3.63) is 71.3 Å². The Morgan fingerprint density at radius 2 is 1.59 bits per heavy atom. The van der Waals surface area contributed by atoms with E-state index in [0.29, 0.717) is 6.42 Å². The van der Waals surface area contributed by atoms with Crippen molar-refractivity contribution >= 4 is 0 Å². The fourth-order valence-electron chi connectivity index (χ4n) is 2.55. The average Bonchev–Trinajstić information content (AvgIpc) is 2.95. The van der Waals surface area contributed by atoms with E-state index in [1.165, 1.54) is 0 Å². The van der Waals surface area contributed by atoms with Crippen molar-refractivity contribution in [2.45, 2.75) is 24.7 Å². The lowest BCUT2D eigenvalue weighted by Gasteiger charge is -2.12. The maximum Gasteiger partial charge on any atom is 0.107 e. The van der Waals surface area contributed by atoms with Crippen LogP contribution in [-0.4, -0.2) is 29.0 Å². The van der Waals surface area contributed by atoms with Crippen molar-refractivity contribution in [2.75, 3.05) is 6.61 Å². The Labute approximate surface area is 130 Å². The number of ether oxygens (including phenoxy) is 1. The van der Waals surface area contributed by atoms with Gasteiger partial charge in [-0.1, -0.05) is 42.2 Å². The van der Waals surface area contributed by atoms with E-state index in [9.17, 15) is 5.11 Å². The minimum absolute atomic E-state index is 0.154. The van der Waals surface area contributed by atoms with Gasteiger partial charge in [0.1, 0.15) is 6.10 Å². The van der Waals surface area contributed by atoms with Gasteiger partial charge in [0, 0.05) is 17.5 Å². The van der Waals surface area contributed by atoms with Crippen LogP contribution >= 0.6 is 0 Å².